The third-order valence-corrected chi connectivity index (χ3v) is 3.67. The van der Waals surface area contributed by atoms with E-state index in [0.29, 0.717) is 11.8 Å². The molecular weight excluding hydrogens is 300 g/mol. The first-order chi connectivity index (χ1) is 11.7. The van der Waals surface area contributed by atoms with Crippen LogP contribution < -0.4 is 10.1 Å². The van der Waals surface area contributed by atoms with Gasteiger partial charge in [-0.3, -0.25) is 4.98 Å². The Morgan fingerprint density at radius 1 is 1.00 bits per heavy atom. The largest absolute Gasteiger partial charge is 0.467 e. The van der Waals surface area contributed by atoms with Crippen LogP contribution in [0.2, 0.25) is 0 Å². The van der Waals surface area contributed by atoms with Crippen molar-refractivity contribution in [2.45, 2.75) is 19.9 Å². The van der Waals surface area contributed by atoms with Gasteiger partial charge in [0, 0.05) is 18.0 Å². The van der Waals surface area contributed by atoms with Gasteiger partial charge in [-0.1, -0.05) is 35.9 Å². The highest BCUT2D eigenvalue weighted by molar-refractivity contribution is 5.44. The van der Waals surface area contributed by atoms with Gasteiger partial charge in [0.15, 0.2) is 0 Å². The predicted octanol–water partition coefficient (Wildman–Crippen LogP) is 3.70. The van der Waals surface area contributed by atoms with E-state index in [4.69, 9.17) is 4.74 Å². The quantitative estimate of drug-likeness (QED) is 0.777. The molecule has 0 fully saturated rings. The van der Waals surface area contributed by atoms with Crippen LogP contribution in [0.15, 0.2) is 54.7 Å². The summed E-state index contributed by atoms with van der Waals surface area (Å²) in [7, 11) is 1.56. The highest BCUT2D eigenvalue weighted by Crippen LogP contribution is 2.26. The van der Waals surface area contributed by atoms with Crippen molar-refractivity contribution in [1.82, 2.24) is 15.0 Å². The summed E-state index contributed by atoms with van der Waals surface area (Å²) in [5.74, 6) is 0.705. The summed E-state index contributed by atoms with van der Waals surface area (Å²) >= 11 is 0. The average Bonchev–Trinajstić information content (AvgIpc) is 2.60. The lowest BCUT2D eigenvalue weighted by atomic mass is 10.0. The van der Waals surface area contributed by atoms with E-state index >= 15 is 0 Å². The van der Waals surface area contributed by atoms with Crippen molar-refractivity contribution in [1.29, 1.82) is 0 Å². The van der Waals surface area contributed by atoms with E-state index in [1.54, 1.807) is 13.3 Å². The SMILES string of the molecule is COc1nc(C)cc(NC(c2cccc(C)c2)c2ccccn2)n1. The number of nitrogens with one attached hydrogen (secondary N) is 1. The second kappa shape index (κ2) is 7.08. The molecule has 0 spiro atoms. The Labute approximate surface area is 141 Å². The fourth-order valence-corrected chi connectivity index (χ4v) is 2.58. The molecule has 0 radical (unpaired) electrons. The molecule has 3 rings (SSSR count). The van der Waals surface area contributed by atoms with Crippen molar-refractivity contribution in [2.24, 2.45) is 0 Å². The zero-order valence-electron chi connectivity index (χ0n) is 14.0. The molecule has 1 atom stereocenters. The van der Waals surface area contributed by atoms with Crippen LogP contribution in [0.25, 0.3) is 0 Å². The van der Waals surface area contributed by atoms with E-state index < -0.39 is 0 Å². The molecule has 2 aromatic heterocycles. The van der Waals surface area contributed by atoms with Gasteiger partial charge in [-0.25, -0.2) is 4.98 Å². The van der Waals surface area contributed by atoms with Crippen molar-refractivity contribution in [3.8, 4) is 6.01 Å². The van der Waals surface area contributed by atoms with Crippen molar-refractivity contribution < 1.29 is 4.74 Å². The van der Waals surface area contributed by atoms with E-state index in [9.17, 15) is 0 Å². The molecule has 5 heteroatoms. The number of hydrogen-bond donors (Lipinski definition) is 1. The predicted molar refractivity (Wildman–Crippen MR) is 94.2 cm³/mol. The summed E-state index contributed by atoms with van der Waals surface area (Å²) in [6, 6.07) is 16.4. The Morgan fingerprint density at radius 3 is 2.58 bits per heavy atom. The minimum atomic E-state index is -0.106. The van der Waals surface area contributed by atoms with Crippen molar-refractivity contribution in [3.05, 3.63) is 77.2 Å². The molecule has 0 saturated carbocycles. The number of methoxy groups -OCH3 is 1. The number of aryl methyl sites for hydroxylation is 2. The summed E-state index contributed by atoms with van der Waals surface area (Å²) in [5, 5.41) is 3.46. The lowest BCUT2D eigenvalue weighted by molar-refractivity contribution is 0.379. The molecular formula is C19H20N4O. The molecule has 1 aromatic carbocycles. The Balaban J connectivity index is 2.01. The van der Waals surface area contributed by atoms with Crippen LogP contribution in [-0.4, -0.2) is 22.1 Å². The molecule has 1 N–H and O–H groups in total. The van der Waals surface area contributed by atoms with Gasteiger partial charge in [0.25, 0.3) is 0 Å². The zero-order chi connectivity index (χ0) is 16.9. The van der Waals surface area contributed by atoms with E-state index in [0.717, 1.165) is 17.0 Å². The lowest BCUT2D eigenvalue weighted by Gasteiger charge is -2.20. The molecule has 5 nitrogen and oxygen atoms in total. The van der Waals surface area contributed by atoms with E-state index in [1.165, 1.54) is 5.56 Å². The third kappa shape index (κ3) is 3.68. The van der Waals surface area contributed by atoms with Gasteiger partial charge in [-0.05, 0) is 31.5 Å². The van der Waals surface area contributed by atoms with Gasteiger partial charge in [-0.2, -0.15) is 4.98 Å². The lowest BCUT2D eigenvalue weighted by Crippen LogP contribution is -2.15. The highest BCUT2D eigenvalue weighted by atomic mass is 16.5. The van der Waals surface area contributed by atoms with Crippen molar-refractivity contribution in [3.63, 3.8) is 0 Å². The molecule has 0 aliphatic carbocycles. The normalized spacial score (nSPS) is 11.8. The number of hydrogen-bond acceptors (Lipinski definition) is 5. The fraction of sp³-hybridized carbons (Fsp3) is 0.211. The third-order valence-electron chi connectivity index (χ3n) is 3.67. The molecule has 24 heavy (non-hydrogen) atoms. The summed E-state index contributed by atoms with van der Waals surface area (Å²) < 4.78 is 5.17. The Bertz CT molecular complexity index is 821. The summed E-state index contributed by atoms with van der Waals surface area (Å²) in [6.07, 6.45) is 1.80. The average molecular weight is 320 g/mol. The van der Waals surface area contributed by atoms with Gasteiger partial charge in [0.1, 0.15) is 5.82 Å². The molecule has 3 aromatic rings. The molecule has 0 amide bonds. The first-order valence-corrected chi connectivity index (χ1v) is 7.79. The second-order valence-corrected chi connectivity index (χ2v) is 5.63. The number of benzene rings is 1. The van der Waals surface area contributed by atoms with Gasteiger partial charge in [0.05, 0.1) is 18.8 Å². The fourth-order valence-electron chi connectivity index (χ4n) is 2.58. The van der Waals surface area contributed by atoms with E-state index in [-0.39, 0.29) is 6.04 Å². The van der Waals surface area contributed by atoms with E-state index in [2.05, 4.69) is 45.4 Å². The van der Waals surface area contributed by atoms with Gasteiger partial charge in [-0.15, -0.1) is 0 Å². The standard InChI is InChI=1S/C19H20N4O/c1-13-7-6-8-15(11-13)18(16-9-4-5-10-20-16)22-17-12-14(2)21-19(23-17)24-3/h4-12,18H,1-3H3,(H,21,22,23). The monoisotopic (exact) mass is 320 g/mol. The van der Waals surface area contributed by atoms with Crippen LogP contribution in [0.1, 0.15) is 28.6 Å². The van der Waals surface area contributed by atoms with Crippen LogP contribution in [0.3, 0.4) is 0 Å². The van der Waals surface area contributed by atoms with Crippen molar-refractivity contribution >= 4 is 5.82 Å². The van der Waals surface area contributed by atoms with Crippen LogP contribution in [0.5, 0.6) is 6.01 Å². The minimum Gasteiger partial charge on any atom is -0.467 e. The van der Waals surface area contributed by atoms with Gasteiger partial charge >= 0.3 is 6.01 Å². The number of rotatable bonds is 5. The van der Waals surface area contributed by atoms with Crippen LogP contribution in [0.4, 0.5) is 5.82 Å². The number of ether oxygens (including phenoxy) is 1. The molecule has 0 aliphatic heterocycles. The number of pyridine rings is 1. The van der Waals surface area contributed by atoms with Crippen molar-refractivity contribution in [2.75, 3.05) is 12.4 Å². The highest BCUT2D eigenvalue weighted by Gasteiger charge is 2.17. The molecule has 1 unspecified atom stereocenters. The van der Waals surface area contributed by atoms with Gasteiger partial charge in [0.2, 0.25) is 0 Å². The molecule has 2 heterocycles. The molecule has 0 bridgehead atoms. The molecule has 0 saturated heterocycles. The topological polar surface area (TPSA) is 59.9 Å². The smallest absolute Gasteiger partial charge is 0.318 e. The number of aromatic nitrogens is 3. The van der Waals surface area contributed by atoms with Gasteiger partial charge < -0.3 is 10.1 Å². The summed E-state index contributed by atoms with van der Waals surface area (Å²) in [4.78, 5) is 13.1. The Kier molecular flexibility index (Phi) is 4.70. The minimum absolute atomic E-state index is 0.106. The molecule has 0 aliphatic rings. The zero-order valence-corrected chi connectivity index (χ0v) is 14.0. The Hall–Kier alpha value is -2.95. The summed E-state index contributed by atoms with van der Waals surface area (Å²) in [6.45, 7) is 3.99. The first kappa shape index (κ1) is 15.9. The maximum absolute atomic E-state index is 5.17. The number of nitrogens with zero attached hydrogens (tertiary/aromatic N) is 3. The number of anilines is 1. The van der Waals surface area contributed by atoms with Crippen LogP contribution in [-0.2, 0) is 0 Å². The maximum atomic E-state index is 5.17. The van der Waals surface area contributed by atoms with Crippen LogP contribution in [0, 0.1) is 13.8 Å². The first-order valence-electron chi connectivity index (χ1n) is 7.79. The van der Waals surface area contributed by atoms with Crippen LogP contribution >= 0.6 is 0 Å². The second-order valence-electron chi connectivity index (χ2n) is 5.63. The van der Waals surface area contributed by atoms with E-state index in [1.807, 2.05) is 37.3 Å². The maximum Gasteiger partial charge on any atom is 0.318 e. The Morgan fingerprint density at radius 2 is 1.88 bits per heavy atom. The molecule has 122 valence electrons. The summed E-state index contributed by atoms with van der Waals surface area (Å²) in [5.41, 5.74) is 4.10.